The number of likely N-dealkylation sites (tertiary alicyclic amines) is 1. The molecule has 0 radical (unpaired) electrons. The highest BCUT2D eigenvalue weighted by Gasteiger charge is 2.24. The van der Waals surface area contributed by atoms with Crippen molar-refractivity contribution in [3.63, 3.8) is 0 Å². The summed E-state index contributed by atoms with van der Waals surface area (Å²) < 4.78 is 0. The van der Waals surface area contributed by atoms with Crippen LogP contribution in [-0.4, -0.2) is 38.8 Å². The van der Waals surface area contributed by atoms with Crippen molar-refractivity contribution in [3.05, 3.63) is 49.8 Å². The molecule has 0 bridgehead atoms. The maximum atomic E-state index is 12.6. The fourth-order valence-corrected chi connectivity index (χ4v) is 4.84. The van der Waals surface area contributed by atoms with Crippen molar-refractivity contribution in [1.29, 1.82) is 5.26 Å². The molecule has 3 aromatic rings. The third-order valence-electron chi connectivity index (χ3n) is 5.87. The molecule has 0 saturated carbocycles. The molecule has 1 fully saturated rings. The molecule has 0 unspecified atom stereocenters. The van der Waals surface area contributed by atoms with E-state index in [9.17, 15) is 9.59 Å². The number of aromatic amines is 1. The number of hydrogen-bond acceptors (Lipinski definition) is 7. The Kier molecular flexibility index (Phi) is 6.00. The first-order chi connectivity index (χ1) is 15.0. The van der Waals surface area contributed by atoms with Crippen LogP contribution in [0.5, 0.6) is 0 Å². The standard InChI is InChI=1S/C22H24N6O2S/c1-13-20-17(12-31-13)22(30)27-18(26-20)3-2-4-19(29)28-7-5-14(6-8-28)16-9-15(10-23)21(24)25-11-16/h9,11-12,14H,2-8H2,1H3,(H2,24,25)(H,26,27,30). The smallest absolute Gasteiger partial charge is 0.259 e. The van der Waals surface area contributed by atoms with E-state index in [2.05, 4.69) is 21.0 Å². The van der Waals surface area contributed by atoms with E-state index in [1.165, 1.54) is 11.3 Å². The molecule has 1 saturated heterocycles. The number of thiophene rings is 1. The van der Waals surface area contributed by atoms with Crippen LogP contribution in [0.15, 0.2) is 22.4 Å². The van der Waals surface area contributed by atoms with Crippen LogP contribution in [0.2, 0.25) is 0 Å². The van der Waals surface area contributed by atoms with Gasteiger partial charge >= 0.3 is 0 Å². The Bertz CT molecular complexity index is 1220. The van der Waals surface area contributed by atoms with E-state index < -0.39 is 0 Å². The van der Waals surface area contributed by atoms with Crippen LogP contribution >= 0.6 is 11.3 Å². The van der Waals surface area contributed by atoms with E-state index in [0.717, 1.165) is 28.8 Å². The molecule has 0 aliphatic carbocycles. The number of fused-ring (bicyclic) bond motifs is 1. The molecule has 0 atom stereocenters. The van der Waals surface area contributed by atoms with Gasteiger partial charge in [-0.3, -0.25) is 9.59 Å². The summed E-state index contributed by atoms with van der Waals surface area (Å²) in [6, 6.07) is 3.88. The van der Waals surface area contributed by atoms with Crippen LogP contribution in [0.3, 0.4) is 0 Å². The number of nitrogens with one attached hydrogen (secondary N) is 1. The molecule has 31 heavy (non-hydrogen) atoms. The average molecular weight is 437 g/mol. The van der Waals surface area contributed by atoms with Gasteiger partial charge < -0.3 is 15.6 Å². The SMILES string of the molecule is Cc1scc2c(=O)[nH]c(CCCC(=O)N3CCC(c4cnc(N)c(C#N)c4)CC3)nc12. The summed E-state index contributed by atoms with van der Waals surface area (Å²) in [5.74, 6) is 1.29. The Balaban J connectivity index is 1.29. The molecule has 8 nitrogen and oxygen atoms in total. The number of rotatable bonds is 5. The third-order valence-corrected chi connectivity index (χ3v) is 6.78. The second kappa shape index (κ2) is 8.86. The number of aromatic nitrogens is 3. The molecule has 4 heterocycles. The van der Waals surface area contributed by atoms with Crippen LogP contribution in [0.1, 0.15) is 53.4 Å². The van der Waals surface area contributed by atoms with Gasteiger partial charge in [0.1, 0.15) is 17.7 Å². The number of hydrogen-bond donors (Lipinski definition) is 2. The highest BCUT2D eigenvalue weighted by atomic mass is 32.1. The summed E-state index contributed by atoms with van der Waals surface area (Å²) in [5.41, 5.74) is 7.76. The lowest BCUT2D eigenvalue weighted by molar-refractivity contribution is -0.132. The van der Waals surface area contributed by atoms with Crippen molar-refractivity contribution in [1.82, 2.24) is 19.9 Å². The molecular weight excluding hydrogens is 412 g/mol. The van der Waals surface area contributed by atoms with Gasteiger partial charge in [0.15, 0.2) is 0 Å². The summed E-state index contributed by atoms with van der Waals surface area (Å²) in [7, 11) is 0. The molecule has 0 aromatic carbocycles. The number of pyridine rings is 1. The van der Waals surface area contributed by atoms with Crippen molar-refractivity contribution in [2.24, 2.45) is 0 Å². The van der Waals surface area contributed by atoms with Gasteiger partial charge in [-0.15, -0.1) is 11.3 Å². The largest absolute Gasteiger partial charge is 0.383 e. The third kappa shape index (κ3) is 4.44. The molecule has 4 rings (SSSR count). The van der Waals surface area contributed by atoms with Crippen LogP contribution in [0.25, 0.3) is 10.9 Å². The fraction of sp³-hybridized carbons (Fsp3) is 0.409. The summed E-state index contributed by atoms with van der Waals surface area (Å²) in [6.07, 6.45) is 5.05. The Morgan fingerprint density at radius 2 is 2.19 bits per heavy atom. The summed E-state index contributed by atoms with van der Waals surface area (Å²) >= 11 is 1.52. The summed E-state index contributed by atoms with van der Waals surface area (Å²) in [4.78, 5) is 39.2. The summed E-state index contributed by atoms with van der Waals surface area (Å²) in [6.45, 7) is 3.33. The number of nitrogen functional groups attached to an aromatic ring is 1. The van der Waals surface area contributed by atoms with Crippen molar-refractivity contribution < 1.29 is 4.79 Å². The van der Waals surface area contributed by atoms with Gasteiger partial charge in [0.2, 0.25) is 5.91 Å². The number of piperidine rings is 1. The lowest BCUT2D eigenvalue weighted by Gasteiger charge is -2.32. The fourth-order valence-electron chi connectivity index (χ4n) is 4.06. The Labute approximate surface area is 183 Å². The second-order valence-corrected chi connectivity index (χ2v) is 8.97. The van der Waals surface area contributed by atoms with Crippen LogP contribution in [0.4, 0.5) is 5.82 Å². The first-order valence-electron chi connectivity index (χ1n) is 10.4. The van der Waals surface area contributed by atoms with E-state index in [4.69, 9.17) is 11.0 Å². The number of carbonyl (C=O) groups excluding carboxylic acids is 1. The Morgan fingerprint density at radius 3 is 2.94 bits per heavy atom. The Hall–Kier alpha value is -3.25. The molecular formula is C22H24N6O2S. The topological polar surface area (TPSA) is 129 Å². The zero-order valence-corrected chi connectivity index (χ0v) is 18.2. The van der Waals surface area contributed by atoms with Gasteiger partial charge in [-0.25, -0.2) is 9.97 Å². The van der Waals surface area contributed by atoms with Crippen molar-refractivity contribution in [3.8, 4) is 6.07 Å². The van der Waals surface area contributed by atoms with Gasteiger partial charge in [0.05, 0.1) is 16.5 Å². The van der Waals surface area contributed by atoms with Crippen LogP contribution < -0.4 is 11.3 Å². The molecule has 0 spiro atoms. The Morgan fingerprint density at radius 1 is 1.42 bits per heavy atom. The molecule has 3 N–H and O–H groups in total. The molecule has 3 aromatic heterocycles. The first-order valence-corrected chi connectivity index (χ1v) is 11.2. The average Bonchev–Trinajstić information content (AvgIpc) is 3.15. The van der Waals surface area contributed by atoms with Crippen LogP contribution in [0, 0.1) is 18.3 Å². The number of amides is 1. The van der Waals surface area contributed by atoms with Gasteiger partial charge in [0, 0.05) is 42.4 Å². The molecule has 1 amide bonds. The minimum atomic E-state index is -0.116. The van der Waals surface area contributed by atoms with E-state index in [-0.39, 0.29) is 23.2 Å². The minimum absolute atomic E-state index is 0.116. The van der Waals surface area contributed by atoms with Gasteiger partial charge in [0.25, 0.3) is 5.56 Å². The number of carbonyl (C=O) groups is 1. The number of nitriles is 1. The number of aryl methyl sites for hydroxylation is 2. The van der Waals surface area contributed by atoms with E-state index in [1.54, 1.807) is 6.20 Å². The van der Waals surface area contributed by atoms with Crippen LogP contribution in [-0.2, 0) is 11.2 Å². The number of H-pyrrole nitrogens is 1. The van der Waals surface area contributed by atoms with E-state index in [0.29, 0.717) is 49.1 Å². The first kappa shape index (κ1) is 21.0. The second-order valence-electron chi connectivity index (χ2n) is 7.89. The lowest BCUT2D eigenvalue weighted by atomic mass is 9.89. The lowest BCUT2D eigenvalue weighted by Crippen LogP contribution is -2.37. The van der Waals surface area contributed by atoms with Gasteiger partial charge in [-0.1, -0.05) is 0 Å². The quantitative estimate of drug-likeness (QED) is 0.633. The highest BCUT2D eigenvalue weighted by molar-refractivity contribution is 7.11. The number of nitrogens with zero attached hydrogens (tertiary/aromatic N) is 4. The van der Waals surface area contributed by atoms with E-state index in [1.807, 2.05) is 23.3 Å². The van der Waals surface area contributed by atoms with Crippen molar-refractivity contribution in [2.45, 2.75) is 44.9 Å². The molecule has 1 aliphatic heterocycles. The number of anilines is 1. The normalized spacial score (nSPS) is 14.6. The zero-order chi connectivity index (χ0) is 22.0. The highest BCUT2D eigenvalue weighted by Crippen LogP contribution is 2.29. The minimum Gasteiger partial charge on any atom is -0.383 e. The van der Waals surface area contributed by atoms with Crippen molar-refractivity contribution >= 4 is 34.0 Å². The zero-order valence-electron chi connectivity index (χ0n) is 17.4. The van der Waals surface area contributed by atoms with Gasteiger partial charge in [-0.05, 0) is 43.7 Å². The van der Waals surface area contributed by atoms with E-state index >= 15 is 0 Å². The molecule has 9 heteroatoms. The predicted molar refractivity (Wildman–Crippen MR) is 120 cm³/mol. The monoisotopic (exact) mass is 436 g/mol. The van der Waals surface area contributed by atoms with Crippen molar-refractivity contribution in [2.75, 3.05) is 18.8 Å². The molecule has 1 aliphatic rings. The molecule has 160 valence electrons. The maximum Gasteiger partial charge on any atom is 0.259 e. The predicted octanol–water partition coefficient (Wildman–Crippen LogP) is 2.87. The van der Waals surface area contributed by atoms with Gasteiger partial charge in [-0.2, -0.15) is 5.26 Å². The number of nitrogens with two attached hydrogens (primary N) is 1. The summed E-state index contributed by atoms with van der Waals surface area (Å²) in [5, 5.41) is 11.6. The maximum absolute atomic E-state index is 12.6.